The summed E-state index contributed by atoms with van der Waals surface area (Å²) in [6.07, 6.45) is -0.492. The Balaban J connectivity index is 1.65. The average molecular weight is 400 g/mol. The molecule has 1 aromatic rings. The Bertz CT molecular complexity index is 653. The van der Waals surface area contributed by atoms with Crippen LogP contribution in [0.1, 0.15) is 20.8 Å². The molecule has 0 aliphatic carbocycles. The molecule has 2 N–H and O–H groups in total. The molecule has 154 valence electrons. The van der Waals surface area contributed by atoms with E-state index >= 15 is 0 Å². The van der Waals surface area contributed by atoms with Gasteiger partial charge >= 0.3 is 0 Å². The van der Waals surface area contributed by atoms with Crippen LogP contribution in [0.3, 0.4) is 0 Å². The van der Waals surface area contributed by atoms with Crippen LogP contribution in [0, 0.1) is 0 Å². The zero-order chi connectivity index (χ0) is 19.9. The highest BCUT2D eigenvalue weighted by molar-refractivity contribution is 7.89. The summed E-state index contributed by atoms with van der Waals surface area (Å²) in [7, 11) is -3.44. The Hall–Kier alpha value is -1.03. The highest BCUT2D eigenvalue weighted by Gasteiger charge is 2.21. The number of hydrogen-bond acceptors (Lipinski definition) is 6. The SMILES string of the molecule is CC(C)(C)OC[C@H](O)CN1CCN(CCNS(=O)(=O)c2ccccc2)CC1. The number of piperazine rings is 1. The van der Waals surface area contributed by atoms with Gasteiger partial charge in [0.15, 0.2) is 0 Å². The number of aliphatic hydroxyl groups is 1. The van der Waals surface area contributed by atoms with Crippen LogP contribution in [0.25, 0.3) is 0 Å². The molecule has 1 heterocycles. The summed E-state index contributed by atoms with van der Waals surface area (Å²) >= 11 is 0. The molecule has 0 saturated carbocycles. The largest absolute Gasteiger partial charge is 0.389 e. The molecule has 0 aromatic heterocycles. The molecule has 27 heavy (non-hydrogen) atoms. The van der Waals surface area contributed by atoms with E-state index in [1.54, 1.807) is 30.3 Å². The van der Waals surface area contributed by atoms with E-state index in [1.807, 2.05) is 20.8 Å². The molecular weight excluding hydrogens is 366 g/mol. The van der Waals surface area contributed by atoms with Crippen LogP contribution in [-0.2, 0) is 14.8 Å². The Morgan fingerprint density at radius 1 is 1.11 bits per heavy atom. The van der Waals surface area contributed by atoms with Crippen molar-refractivity contribution in [1.29, 1.82) is 0 Å². The summed E-state index contributed by atoms with van der Waals surface area (Å²) in [5.41, 5.74) is -0.243. The van der Waals surface area contributed by atoms with Gasteiger partial charge in [-0.25, -0.2) is 13.1 Å². The van der Waals surface area contributed by atoms with Crippen LogP contribution in [0.15, 0.2) is 35.2 Å². The van der Waals surface area contributed by atoms with Crippen molar-refractivity contribution in [2.75, 3.05) is 52.4 Å². The van der Waals surface area contributed by atoms with Crippen LogP contribution in [0.4, 0.5) is 0 Å². The first-order valence-electron chi connectivity index (χ1n) is 9.47. The molecule has 1 atom stereocenters. The average Bonchev–Trinajstić information content (AvgIpc) is 2.62. The van der Waals surface area contributed by atoms with Crippen molar-refractivity contribution >= 4 is 10.0 Å². The summed E-state index contributed by atoms with van der Waals surface area (Å²) in [6, 6.07) is 8.42. The number of nitrogens with one attached hydrogen (secondary N) is 1. The summed E-state index contributed by atoms with van der Waals surface area (Å²) in [5, 5.41) is 10.1. The Kier molecular flexibility index (Phi) is 8.20. The number of β-amino-alcohol motifs (C(OH)–C–C–N with tert-alkyl or cyclic N) is 1. The second kappa shape index (κ2) is 9.95. The number of ether oxygens (including phenoxy) is 1. The van der Waals surface area contributed by atoms with Gasteiger partial charge in [-0.05, 0) is 32.9 Å². The number of rotatable bonds is 9. The molecular formula is C19H33N3O4S. The molecule has 2 rings (SSSR count). The number of hydrogen-bond donors (Lipinski definition) is 2. The second-order valence-corrected chi connectivity index (χ2v) is 9.70. The lowest BCUT2D eigenvalue weighted by Crippen LogP contribution is -2.50. The maximum absolute atomic E-state index is 12.2. The Labute approximate surface area is 163 Å². The zero-order valence-corrected chi connectivity index (χ0v) is 17.4. The lowest BCUT2D eigenvalue weighted by atomic mass is 10.2. The molecule has 1 saturated heterocycles. The van der Waals surface area contributed by atoms with E-state index in [2.05, 4.69) is 14.5 Å². The van der Waals surface area contributed by atoms with Gasteiger partial charge in [0.2, 0.25) is 10.0 Å². The third-order valence-corrected chi connectivity index (χ3v) is 5.89. The molecule has 1 aromatic carbocycles. The third-order valence-electron chi connectivity index (χ3n) is 4.42. The van der Waals surface area contributed by atoms with Gasteiger partial charge in [0.05, 0.1) is 23.2 Å². The normalized spacial score (nSPS) is 18.5. The van der Waals surface area contributed by atoms with Crippen molar-refractivity contribution in [3.8, 4) is 0 Å². The third kappa shape index (κ3) is 8.25. The van der Waals surface area contributed by atoms with Crippen LogP contribution in [-0.4, -0.2) is 87.4 Å². The van der Waals surface area contributed by atoms with Gasteiger partial charge in [-0.1, -0.05) is 18.2 Å². The van der Waals surface area contributed by atoms with Gasteiger partial charge in [-0.2, -0.15) is 0 Å². The van der Waals surface area contributed by atoms with Crippen LogP contribution in [0.5, 0.6) is 0 Å². The quantitative estimate of drug-likeness (QED) is 0.638. The molecule has 0 spiro atoms. The van der Waals surface area contributed by atoms with E-state index in [-0.39, 0.29) is 5.60 Å². The highest BCUT2D eigenvalue weighted by atomic mass is 32.2. The second-order valence-electron chi connectivity index (χ2n) is 7.93. The maximum atomic E-state index is 12.2. The standard InChI is InChI=1S/C19H33N3O4S/c1-19(2,3)26-16-17(23)15-22-13-11-21(12-14-22)10-9-20-27(24,25)18-7-5-4-6-8-18/h4-8,17,20,23H,9-16H2,1-3H3/t17-/m1/s1. The number of aliphatic hydroxyl groups excluding tert-OH is 1. The van der Waals surface area contributed by atoms with Crippen LogP contribution >= 0.6 is 0 Å². The zero-order valence-electron chi connectivity index (χ0n) is 16.6. The minimum atomic E-state index is -3.44. The Morgan fingerprint density at radius 3 is 2.30 bits per heavy atom. The van der Waals surface area contributed by atoms with E-state index in [1.165, 1.54) is 0 Å². The smallest absolute Gasteiger partial charge is 0.240 e. The maximum Gasteiger partial charge on any atom is 0.240 e. The lowest BCUT2D eigenvalue weighted by molar-refractivity contribution is -0.0585. The monoisotopic (exact) mass is 399 g/mol. The van der Waals surface area contributed by atoms with E-state index in [4.69, 9.17) is 4.74 Å². The fourth-order valence-corrected chi connectivity index (χ4v) is 3.96. The van der Waals surface area contributed by atoms with E-state index in [0.717, 1.165) is 26.2 Å². The molecule has 0 unspecified atom stereocenters. The first kappa shape index (κ1) is 22.3. The molecule has 1 fully saturated rings. The predicted octanol–water partition coefficient (Wildman–Crippen LogP) is 0.759. The molecule has 0 bridgehead atoms. The van der Waals surface area contributed by atoms with Gasteiger partial charge in [0.25, 0.3) is 0 Å². The minimum Gasteiger partial charge on any atom is -0.389 e. The number of benzene rings is 1. The molecule has 1 aliphatic heterocycles. The van der Waals surface area contributed by atoms with E-state index in [9.17, 15) is 13.5 Å². The van der Waals surface area contributed by atoms with Crippen molar-refractivity contribution in [2.24, 2.45) is 0 Å². The van der Waals surface area contributed by atoms with Crippen LogP contribution in [0.2, 0.25) is 0 Å². The number of sulfonamides is 1. The fourth-order valence-electron chi connectivity index (χ4n) is 2.91. The highest BCUT2D eigenvalue weighted by Crippen LogP contribution is 2.09. The molecule has 0 radical (unpaired) electrons. The minimum absolute atomic E-state index is 0.243. The molecule has 1 aliphatic rings. The first-order chi connectivity index (χ1) is 12.7. The summed E-state index contributed by atoms with van der Waals surface area (Å²) < 4.78 is 32.7. The van der Waals surface area contributed by atoms with E-state index < -0.39 is 16.1 Å². The lowest BCUT2D eigenvalue weighted by Gasteiger charge is -2.35. The van der Waals surface area contributed by atoms with Crippen molar-refractivity contribution in [3.05, 3.63) is 30.3 Å². The van der Waals surface area contributed by atoms with E-state index in [0.29, 0.717) is 31.1 Å². The molecule has 7 nitrogen and oxygen atoms in total. The van der Waals surface area contributed by atoms with Crippen molar-refractivity contribution in [2.45, 2.75) is 37.4 Å². The van der Waals surface area contributed by atoms with Gasteiger partial charge in [0.1, 0.15) is 0 Å². The topological polar surface area (TPSA) is 82.1 Å². The van der Waals surface area contributed by atoms with Crippen molar-refractivity contribution < 1.29 is 18.3 Å². The van der Waals surface area contributed by atoms with Gasteiger partial charge in [-0.3, -0.25) is 9.80 Å². The fraction of sp³-hybridized carbons (Fsp3) is 0.684. The first-order valence-corrected chi connectivity index (χ1v) is 11.0. The molecule has 8 heteroatoms. The van der Waals surface area contributed by atoms with Crippen molar-refractivity contribution in [1.82, 2.24) is 14.5 Å². The summed E-state index contributed by atoms with van der Waals surface area (Å²) in [5.74, 6) is 0. The van der Waals surface area contributed by atoms with Gasteiger partial charge in [-0.15, -0.1) is 0 Å². The van der Waals surface area contributed by atoms with Crippen LogP contribution < -0.4 is 4.72 Å². The number of nitrogens with zero attached hydrogens (tertiary/aromatic N) is 2. The van der Waals surface area contributed by atoms with Crippen molar-refractivity contribution in [3.63, 3.8) is 0 Å². The van der Waals surface area contributed by atoms with Gasteiger partial charge < -0.3 is 9.84 Å². The summed E-state index contributed by atoms with van der Waals surface area (Å²) in [4.78, 5) is 4.75. The predicted molar refractivity (Wildman–Crippen MR) is 106 cm³/mol. The van der Waals surface area contributed by atoms with Gasteiger partial charge in [0, 0.05) is 45.8 Å². The molecule has 0 amide bonds. The Morgan fingerprint density at radius 2 is 1.70 bits per heavy atom. The summed E-state index contributed by atoms with van der Waals surface area (Å²) in [6.45, 7) is 11.4.